The summed E-state index contributed by atoms with van der Waals surface area (Å²) in [6, 6.07) is 11.0. The molecule has 3 rings (SSSR count). The predicted molar refractivity (Wildman–Crippen MR) is 110 cm³/mol. The molecule has 1 saturated heterocycles. The number of sulfonamides is 1. The monoisotopic (exact) mass is 483 g/mol. The highest BCUT2D eigenvalue weighted by atomic mass is 79.9. The summed E-state index contributed by atoms with van der Waals surface area (Å²) in [5.41, 5.74) is 0.977. The van der Waals surface area contributed by atoms with Crippen LogP contribution in [-0.4, -0.2) is 40.8 Å². The van der Waals surface area contributed by atoms with Crippen molar-refractivity contribution in [2.24, 2.45) is 0 Å². The van der Waals surface area contributed by atoms with Gasteiger partial charge in [-0.05, 0) is 55.3 Å². The van der Waals surface area contributed by atoms with Crippen LogP contribution in [0.2, 0.25) is 0 Å². The maximum absolute atomic E-state index is 12.4. The lowest BCUT2D eigenvalue weighted by atomic mass is 10.2. The van der Waals surface area contributed by atoms with E-state index in [1.54, 1.807) is 13.2 Å². The average Bonchev–Trinajstić information content (AvgIpc) is 3.24. The van der Waals surface area contributed by atoms with E-state index in [9.17, 15) is 13.2 Å². The van der Waals surface area contributed by atoms with E-state index in [1.165, 1.54) is 24.3 Å². The highest BCUT2D eigenvalue weighted by Crippen LogP contribution is 2.24. The van der Waals surface area contributed by atoms with E-state index in [0.29, 0.717) is 17.9 Å². The van der Waals surface area contributed by atoms with Gasteiger partial charge in [-0.1, -0.05) is 15.9 Å². The summed E-state index contributed by atoms with van der Waals surface area (Å²) < 4.78 is 44.2. The molecular formula is C20H22BrNO6S. The Kier molecular flexibility index (Phi) is 7.28. The van der Waals surface area contributed by atoms with Gasteiger partial charge in [0.05, 0.1) is 23.7 Å². The molecule has 0 saturated carbocycles. The van der Waals surface area contributed by atoms with Crippen molar-refractivity contribution in [3.05, 3.63) is 58.1 Å². The minimum atomic E-state index is -3.66. The van der Waals surface area contributed by atoms with Crippen LogP contribution in [-0.2, 0) is 26.1 Å². The van der Waals surface area contributed by atoms with Gasteiger partial charge in [-0.15, -0.1) is 0 Å². The van der Waals surface area contributed by atoms with Crippen LogP contribution in [0.1, 0.15) is 28.8 Å². The van der Waals surface area contributed by atoms with E-state index >= 15 is 0 Å². The van der Waals surface area contributed by atoms with Crippen molar-refractivity contribution in [3.8, 4) is 5.75 Å². The van der Waals surface area contributed by atoms with Crippen LogP contribution in [0.5, 0.6) is 5.75 Å². The van der Waals surface area contributed by atoms with E-state index in [4.69, 9.17) is 14.2 Å². The van der Waals surface area contributed by atoms with Gasteiger partial charge in [0.1, 0.15) is 12.4 Å². The fraction of sp³-hybridized carbons (Fsp3) is 0.350. The Balaban J connectivity index is 1.60. The first-order valence-electron chi connectivity index (χ1n) is 9.10. The van der Waals surface area contributed by atoms with Crippen molar-refractivity contribution in [1.29, 1.82) is 0 Å². The number of rotatable bonds is 8. The van der Waals surface area contributed by atoms with Crippen LogP contribution in [0, 0.1) is 0 Å². The fourth-order valence-corrected chi connectivity index (χ4v) is 4.42. The first-order valence-corrected chi connectivity index (χ1v) is 11.4. The zero-order chi connectivity index (χ0) is 20.9. The molecule has 0 aromatic heterocycles. The van der Waals surface area contributed by atoms with Gasteiger partial charge in [-0.25, -0.2) is 17.9 Å². The molecule has 2 aromatic rings. The molecule has 156 valence electrons. The average molecular weight is 484 g/mol. The second-order valence-electron chi connectivity index (χ2n) is 6.54. The maximum Gasteiger partial charge on any atom is 0.338 e. The Labute approximate surface area is 178 Å². The van der Waals surface area contributed by atoms with Crippen molar-refractivity contribution in [2.75, 3.05) is 20.3 Å². The first kappa shape index (κ1) is 21.8. The third kappa shape index (κ3) is 5.79. The van der Waals surface area contributed by atoms with Gasteiger partial charge < -0.3 is 14.2 Å². The van der Waals surface area contributed by atoms with E-state index in [-0.39, 0.29) is 29.7 Å². The summed E-state index contributed by atoms with van der Waals surface area (Å²) in [4.78, 5) is 12.4. The lowest BCUT2D eigenvalue weighted by molar-refractivity contribution is 0.0470. The lowest BCUT2D eigenvalue weighted by Gasteiger charge is -2.12. The molecule has 1 heterocycles. The van der Waals surface area contributed by atoms with Crippen molar-refractivity contribution in [1.82, 2.24) is 4.72 Å². The molecule has 29 heavy (non-hydrogen) atoms. The van der Waals surface area contributed by atoms with Crippen molar-refractivity contribution < 1.29 is 27.4 Å². The van der Waals surface area contributed by atoms with Crippen LogP contribution in [0.25, 0.3) is 0 Å². The topological polar surface area (TPSA) is 90.9 Å². The zero-order valence-corrected chi connectivity index (χ0v) is 18.3. The van der Waals surface area contributed by atoms with Crippen molar-refractivity contribution in [2.45, 2.75) is 30.4 Å². The second-order valence-corrected chi connectivity index (χ2v) is 9.23. The number of ether oxygens (including phenoxy) is 3. The van der Waals surface area contributed by atoms with Crippen LogP contribution in [0.3, 0.4) is 0 Å². The highest BCUT2D eigenvalue weighted by molar-refractivity contribution is 9.10. The quantitative estimate of drug-likeness (QED) is 0.579. The Bertz CT molecular complexity index is 955. The summed E-state index contributed by atoms with van der Waals surface area (Å²) >= 11 is 3.37. The number of nitrogens with one attached hydrogen (secondary N) is 1. The molecule has 1 N–H and O–H groups in total. The molecule has 9 heteroatoms. The van der Waals surface area contributed by atoms with Crippen molar-refractivity contribution in [3.63, 3.8) is 0 Å². The van der Waals surface area contributed by atoms with Gasteiger partial charge in [-0.2, -0.15) is 0 Å². The van der Waals surface area contributed by atoms with Gasteiger partial charge in [0.25, 0.3) is 0 Å². The summed E-state index contributed by atoms with van der Waals surface area (Å²) in [6.45, 7) is 0.931. The number of esters is 1. The highest BCUT2D eigenvalue weighted by Gasteiger charge is 2.20. The molecule has 1 atom stereocenters. The Morgan fingerprint density at radius 3 is 2.66 bits per heavy atom. The number of methoxy groups -OCH3 is 1. The smallest absolute Gasteiger partial charge is 0.338 e. The standard InChI is InChI=1S/C20H22BrNO6S/c1-26-19-9-6-16(21)11-15(19)13-28-20(23)14-4-7-18(8-5-14)29(24,25)22-12-17-3-2-10-27-17/h4-9,11,17,22H,2-3,10,12-13H2,1H3. The molecule has 7 nitrogen and oxygen atoms in total. The van der Waals surface area contributed by atoms with Gasteiger partial charge in [-0.3, -0.25) is 0 Å². The SMILES string of the molecule is COc1ccc(Br)cc1COC(=O)c1ccc(S(=O)(=O)NCC2CCCO2)cc1. The number of carbonyl (C=O) groups is 1. The molecule has 2 aromatic carbocycles. The number of hydrogen-bond acceptors (Lipinski definition) is 6. The summed E-state index contributed by atoms with van der Waals surface area (Å²) in [6.07, 6.45) is 1.69. The van der Waals surface area contributed by atoms with Gasteiger partial charge in [0, 0.05) is 23.2 Å². The minimum absolute atomic E-state index is 0.0322. The van der Waals surface area contributed by atoms with Crippen LogP contribution < -0.4 is 9.46 Å². The van der Waals surface area contributed by atoms with Gasteiger partial charge >= 0.3 is 5.97 Å². The maximum atomic E-state index is 12.4. The molecule has 0 radical (unpaired) electrons. The van der Waals surface area contributed by atoms with E-state index < -0.39 is 16.0 Å². The Morgan fingerprint density at radius 2 is 2.00 bits per heavy atom. The normalized spacial score (nSPS) is 16.6. The molecule has 0 spiro atoms. The molecule has 1 unspecified atom stereocenters. The number of carbonyl (C=O) groups excluding carboxylic acids is 1. The van der Waals surface area contributed by atoms with E-state index in [2.05, 4.69) is 20.7 Å². The van der Waals surface area contributed by atoms with Crippen molar-refractivity contribution >= 4 is 31.9 Å². The molecule has 1 fully saturated rings. The van der Waals surface area contributed by atoms with Crippen LogP contribution in [0.4, 0.5) is 0 Å². The second kappa shape index (κ2) is 9.71. The minimum Gasteiger partial charge on any atom is -0.496 e. The largest absolute Gasteiger partial charge is 0.496 e. The van der Waals surface area contributed by atoms with Gasteiger partial charge in [0.15, 0.2) is 0 Å². The Morgan fingerprint density at radius 1 is 1.24 bits per heavy atom. The molecule has 1 aliphatic heterocycles. The Hall–Kier alpha value is -1.94. The third-order valence-electron chi connectivity index (χ3n) is 4.53. The number of benzene rings is 2. The molecule has 0 bridgehead atoms. The summed E-state index contributed by atoms with van der Waals surface area (Å²) in [5, 5.41) is 0. The fourth-order valence-electron chi connectivity index (χ4n) is 2.95. The van der Waals surface area contributed by atoms with Crippen LogP contribution >= 0.6 is 15.9 Å². The van der Waals surface area contributed by atoms with E-state index in [0.717, 1.165) is 17.3 Å². The number of hydrogen-bond donors (Lipinski definition) is 1. The van der Waals surface area contributed by atoms with E-state index in [1.807, 2.05) is 12.1 Å². The molecule has 0 amide bonds. The first-order chi connectivity index (χ1) is 13.9. The summed E-state index contributed by atoms with van der Waals surface area (Å²) in [7, 11) is -2.12. The number of halogens is 1. The molecular weight excluding hydrogens is 462 g/mol. The third-order valence-corrected chi connectivity index (χ3v) is 6.46. The predicted octanol–water partition coefficient (Wildman–Crippen LogP) is 3.27. The molecule has 1 aliphatic rings. The lowest BCUT2D eigenvalue weighted by Crippen LogP contribution is -2.31. The van der Waals surface area contributed by atoms with Crippen LogP contribution in [0.15, 0.2) is 51.8 Å². The van der Waals surface area contributed by atoms with Gasteiger partial charge in [0.2, 0.25) is 10.0 Å². The zero-order valence-electron chi connectivity index (χ0n) is 15.9. The summed E-state index contributed by atoms with van der Waals surface area (Å²) in [5.74, 6) is 0.0584. The molecule has 0 aliphatic carbocycles.